The number of amides is 3. The van der Waals surface area contributed by atoms with Crippen LogP contribution in [-0.2, 0) is 11.8 Å². The Hall–Kier alpha value is -3.10. The summed E-state index contributed by atoms with van der Waals surface area (Å²) in [6.07, 6.45) is 1.37. The summed E-state index contributed by atoms with van der Waals surface area (Å²) < 4.78 is 6.45. The molecule has 0 saturated carbocycles. The Morgan fingerprint density at radius 3 is 2.62 bits per heavy atom. The summed E-state index contributed by atoms with van der Waals surface area (Å²) in [7, 11) is 4.87. The van der Waals surface area contributed by atoms with Crippen LogP contribution in [0.25, 0.3) is 0 Å². The normalized spacial score (nSPS) is 10.3. The van der Waals surface area contributed by atoms with Gasteiger partial charge in [-0.15, -0.1) is 0 Å². The summed E-state index contributed by atoms with van der Waals surface area (Å²) in [6.45, 7) is 1.47. The Morgan fingerprint density at radius 2 is 2.04 bits per heavy atom. The highest BCUT2D eigenvalue weighted by atomic mass is 16.3. The number of nitrogens with zero attached hydrogens (tertiary/aromatic N) is 3. The third kappa shape index (κ3) is 3.62. The molecule has 24 heavy (non-hydrogen) atoms. The molecule has 9 heteroatoms. The lowest BCUT2D eigenvalue weighted by atomic mass is 10.2. The standard InChI is InChI=1S/C15H19N5O4/c1-9-12(13(18-20(9)4)15(23)19(2)3)17-11(21)8-16-14(22)10-6-5-7-24-10/h5-7H,8H2,1-4H3,(H,16,22)(H,17,21). The summed E-state index contributed by atoms with van der Waals surface area (Å²) in [5.41, 5.74) is 1.10. The Morgan fingerprint density at radius 1 is 1.33 bits per heavy atom. The Balaban J connectivity index is 2.06. The van der Waals surface area contributed by atoms with E-state index in [-0.39, 0.29) is 23.9 Å². The molecule has 0 bridgehead atoms. The fourth-order valence-electron chi connectivity index (χ4n) is 1.96. The third-order valence-electron chi connectivity index (χ3n) is 3.36. The smallest absolute Gasteiger partial charge is 0.287 e. The first-order valence-corrected chi connectivity index (χ1v) is 7.18. The molecular formula is C15H19N5O4. The average Bonchev–Trinajstić information content (AvgIpc) is 3.16. The van der Waals surface area contributed by atoms with Crippen LogP contribution in [0, 0.1) is 6.92 Å². The van der Waals surface area contributed by atoms with E-state index >= 15 is 0 Å². The molecule has 0 unspecified atom stereocenters. The summed E-state index contributed by atoms with van der Waals surface area (Å²) >= 11 is 0. The first-order valence-electron chi connectivity index (χ1n) is 7.18. The van der Waals surface area contributed by atoms with E-state index in [0.717, 1.165) is 0 Å². The van der Waals surface area contributed by atoms with Crippen molar-refractivity contribution in [3.8, 4) is 0 Å². The molecular weight excluding hydrogens is 314 g/mol. The van der Waals surface area contributed by atoms with Crippen LogP contribution in [0.15, 0.2) is 22.8 Å². The van der Waals surface area contributed by atoms with Crippen molar-refractivity contribution in [2.75, 3.05) is 26.0 Å². The maximum Gasteiger partial charge on any atom is 0.287 e. The molecule has 0 atom stereocenters. The van der Waals surface area contributed by atoms with Crippen molar-refractivity contribution in [3.05, 3.63) is 35.5 Å². The van der Waals surface area contributed by atoms with Crippen LogP contribution in [0.3, 0.4) is 0 Å². The van der Waals surface area contributed by atoms with Crippen molar-refractivity contribution in [1.29, 1.82) is 0 Å². The summed E-state index contributed by atoms with van der Waals surface area (Å²) in [6, 6.07) is 3.07. The lowest BCUT2D eigenvalue weighted by Crippen LogP contribution is -2.33. The molecule has 0 aliphatic carbocycles. The van der Waals surface area contributed by atoms with Crippen molar-refractivity contribution in [2.24, 2.45) is 7.05 Å². The highest BCUT2D eigenvalue weighted by molar-refractivity contribution is 6.04. The molecule has 2 N–H and O–H groups in total. The molecule has 0 aliphatic heterocycles. The lowest BCUT2D eigenvalue weighted by Gasteiger charge is -2.11. The molecule has 2 heterocycles. The number of aryl methyl sites for hydroxylation is 1. The van der Waals surface area contributed by atoms with E-state index < -0.39 is 11.8 Å². The van der Waals surface area contributed by atoms with Gasteiger partial charge in [-0.1, -0.05) is 0 Å². The number of hydrogen-bond acceptors (Lipinski definition) is 5. The molecule has 0 aromatic carbocycles. The fraction of sp³-hybridized carbons (Fsp3) is 0.333. The number of rotatable bonds is 5. The van der Waals surface area contributed by atoms with Crippen LogP contribution in [0.1, 0.15) is 26.7 Å². The Kier molecular flexibility index (Phi) is 5.02. The number of aromatic nitrogens is 2. The van der Waals surface area contributed by atoms with Crippen LogP contribution in [-0.4, -0.2) is 53.0 Å². The van der Waals surface area contributed by atoms with Crippen molar-refractivity contribution in [3.63, 3.8) is 0 Å². The van der Waals surface area contributed by atoms with Crippen LogP contribution < -0.4 is 10.6 Å². The van der Waals surface area contributed by atoms with Crippen molar-refractivity contribution in [1.82, 2.24) is 20.0 Å². The number of anilines is 1. The van der Waals surface area contributed by atoms with Gasteiger partial charge in [-0.05, 0) is 19.1 Å². The molecule has 0 spiro atoms. The van der Waals surface area contributed by atoms with E-state index in [4.69, 9.17) is 4.42 Å². The summed E-state index contributed by atoms with van der Waals surface area (Å²) in [4.78, 5) is 37.3. The zero-order valence-corrected chi connectivity index (χ0v) is 13.9. The van der Waals surface area contributed by atoms with E-state index in [0.29, 0.717) is 11.4 Å². The topological polar surface area (TPSA) is 109 Å². The van der Waals surface area contributed by atoms with Crippen molar-refractivity contribution >= 4 is 23.4 Å². The maximum absolute atomic E-state index is 12.2. The van der Waals surface area contributed by atoms with E-state index in [9.17, 15) is 14.4 Å². The van der Waals surface area contributed by atoms with Gasteiger partial charge >= 0.3 is 0 Å². The second-order valence-electron chi connectivity index (χ2n) is 5.34. The van der Waals surface area contributed by atoms with Gasteiger partial charge in [0.2, 0.25) is 5.91 Å². The van der Waals surface area contributed by atoms with E-state index in [1.54, 1.807) is 34.1 Å². The highest BCUT2D eigenvalue weighted by Gasteiger charge is 2.22. The Bertz CT molecular complexity index is 761. The van der Waals surface area contributed by atoms with E-state index in [2.05, 4.69) is 15.7 Å². The maximum atomic E-state index is 12.2. The minimum atomic E-state index is -0.498. The summed E-state index contributed by atoms with van der Waals surface area (Å²) in [5.74, 6) is -1.18. The first-order chi connectivity index (χ1) is 11.3. The number of nitrogens with one attached hydrogen (secondary N) is 2. The van der Waals surface area contributed by atoms with Gasteiger partial charge in [-0.3, -0.25) is 19.1 Å². The van der Waals surface area contributed by atoms with Crippen LogP contribution in [0.5, 0.6) is 0 Å². The molecule has 2 aromatic rings. The van der Waals surface area contributed by atoms with Crippen LogP contribution in [0.4, 0.5) is 5.69 Å². The second kappa shape index (κ2) is 6.99. The quantitative estimate of drug-likeness (QED) is 0.823. The van der Waals surface area contributed by atoms with Gasteiger partial charge < -0.3 is 20.0 Å². The molecule has 0 radical (unpaired) electrons. The highest BCUT2D eigenvalue weighted by Crippen LogP contribution is 2.20. The largest absolute Gasteiger partial charge is 0.459 e. The van der Waals surface area contributed by atoms with E-state index in [1.807, 2.05) is 0 Å². The number of furan rings is 1. The van der Waals surface area contributed by atoms with Gasteiger partial charge in [0.05, 0.1) is 24.2 Å². The minimum absolute atomic E-state index is 0.115. The molecule has 0 fully saturated rings. The lowest BCUT2D eigenvalue weighted by molar-refractivity contribution is -0.115. The third-order valence-corrected chi connectivity index (χ3v) is 3.36. The molecule has 0 saturated heterocycles. The van der Waals surface area contributed by atoms with Crippen molar-refractivity contribution in [2.45, 2.75) is 6.92 Å². The predicted molar refractivity (Wildman–Crippen MR) is 85.6 cm³/mol. The van der Waals surface area contributed by atoms with Gasteiger partial charge in [-0.25, -0.2) is 0 Å². The molecule has 2 rings (SSSR count). The first kappa shape index (κ1) is 17.3. The van der Waals surface area contributed by atoms with Crippen LogP contribution in [0.2, 0.25) is 0 Å². The summed E-state index contributed by atoms with van der Waals surface area (Å²) in [5, 5.41) is 9.19. The van der Waals surface area contributed by atoms with Crippen LogP contribution >= 0.6 is 0 Å². The monoisotopic (exact) mass is 333 g/mol. The molecule has 3 amide bonds. The zero-order valence-electron chi connectivity index (χ0n) is 13.9. The Labute approximate surface area is 138 Å². The SMILES string of the molecule is Cc1c(NC(=O)CNC(=O)c2ccco2)c(C(=O)N(C)C)nn1C. The van der Waals surface area contributed by atoms with Gasteiger partial charge in [0.1, 0.15) is 0 Å². The minimum Gasteiger partial charge on any atom is -0.459 e. The van der Waals surface area contributed by atoms with Gasteiger partial charge in [0.25, 0.3) is 11.8 Å². The zero-order chi connectivity index (χ0) is 17.9. The number of carbonyl (C=O) groups is 3. The predicted octanol–water partition coefficient (Wildman–Crippen LogP) is 0.392. The second-order valence-corrected chi connectivity index (χ2v) is 5.34. The average molecular weight is 333 g/mol. The molecule has 2 aromatic heterocycles. The fourth-order valence-corrected chi connectivity index (χ4v) is 1.96. The van der Waals surface area contributed by atoms with Crippen molar-refractivity contribution < 1.29 is 18.8 Å². The van der Waals surface area contributed by atoms with E-state index in [1.165, 1.54) is 21.9 Å². The molecule has 9 nitrogen and oxygen atoms in total. The number of hydrogen-bond donors (Lipinski definition) is 2. The van der Waals surface area contributed by atoms with Gasteiger partial charge in [-0.2, -0.15) is 5.10 Å². The van der Waals surface area contributed by atoms with Gasteiger partial charge in [0, 0.05) is 21.1 Å². The molecule has 0 aliphatic rings. The van der Waals surface area contributed by atoms with Gasteiger partial charge in [0.15, 0.2) is 11.5 Å². The number of carbonyl (C=O) groups excluding carboxylic acids is 3. The molecule has 128 valence electrons.